The molecule has 0 radical (unpaired) electrons. The first-order valence-corrected chi connectivity index (χ1v) is 2.93. The van der Waals surface area contributed by atoms with Gasteiger partial charge in [-0.15, -0.1) is 0 Å². The van der Waals surface area contributed by atoms with Crippen LogP contribution in [0.5, 0.6) is 0 Å². The summed E-state index contributed by atoms with van der Waals surface area (Å²) in [5.41, 5.74) is 6.06. The molecular weight excluding hydrogens is 140 g/mol. The van der Waals surface area contributed by atoms with Crippen molar-refractivity contribution in [2.45, 2.75) is 0 Å². The van der Waals surface area contributed by atoms with Crippen LogP contribution in [-0.2, 0) is 0 Å². The number of pyridine rings is 1. The Morgan fingerprint density at radius 2 is 2.36 bits per heavy atom. The molecule has 0 saturated carbocycles. The van der Waals surface area contributed by atoms with Gasteiger partial charge in [0.25, 0.3) is 0 Å². The van der Waals surface area contributed by atoms with E-state index in [1.807, 2.05) is 6.07 Å². The summed E-state index contributed by atoms with van der Waals surface area (Å²) in [6.45, 7) is 0. The number of hydrogen-bond acceptors (Lipinski definition) is 3. The number of aromatic nitrogens is 1. The Balaban J connectivity index is 3.13. The van der Waals surface area contributed by atoms with Gasteiger partial charge in [-0.25, -0.2) is 0 Å². The molecule has 3 N–H and O–H groups in total. The molecule has 0 aromatic carbocycles. The van der Waals surface area contributed by atoms with Gasteiger partial charge in [-0.1, -0.05) is 0 Å². The van der Waals surface area contributed by atoms with E-state index >= 15 is 0 Å². The van der Waals surface area contributed by atoms with Gasteiger partial charge >= 0.3 is 0 Å². The molecule has 54 valence electrons. The summed E-state index contributed by atoms with van der Waals surface area (Å²) in [7, 11) is 0. The standard InChI is InChI=1S/C7H6N4/c8-2-5-1-6(7(9)10)4-11-3-5/h1,3-4H,(H3,9,10). The first kappa shape index (κ1) is 7.22. The number of nitriles is 1. The fourth-order valence-electron chi connectivity index (χ4n) is 0.648. The van der Waals surface area contributed by atoms with Gasteiger partial charge in [-0.05, 0) is 6.07 Å². The van der Waals surface area contributed by atoms with E-state index < -0.39 is 0 Å². The summed E-state index contributed by atoms with van der Waals surface area (Å²) in [5, 5.41) is 15.5. The smallest absolute Gasteiger partial charge is 0.124 e. The van der Waals surface area contributed by atoms with Crippen molar-refractivity contribution in [2.24, 2.45) is 5.73 Å². The molecule has 0 fully saturated rings. The van der Waals surface area contributed by atoms with Crippen molar-refractivity contribution in [2.75, 3.05) is 0 Å². The van der Waals surface area contributed by atoms with Gasteiger partial charge in [-0.3, -0.25) is 10.4 Å². The van der Waals surface area contributed by atoms with Crippen LogP contribution in [0.15, 0.2) is 18.5 Å². The van der Waals surface area contributed by atoms with Crippen LogP contribution in [-0.4, -0.2) is 10.8 Å². The zero-order chi connectivity index (χ0) is 8.27. The van der Waals surface area contributed by atoms with Gasteiger partial charge in [0.15, 0.2) is 0 Å². The van der Waals surface area contributed by atoms with E-state index in [4.69, 9.17) is 16.4 Å². The molecule has 0 spiro atoms. The van der Waals surface area contributed by atoms with Gasteiger partial charge in [0.1, 0.15) is 11.9 Å². The van der Waals surface area contributed by atoms with Gasteiger partial charge < -0.3 is 5.73 Å². The fraction of sp³-hybridized carbons (Fsp3) is 0. The monoisotopic (exact) mass is 146 g/mol. The highest BCUT2D eigenvalue weighted by Crippen LogP contribution is 1.99. The normalized spacial score (nSPS) is 8.64. The molecule has 1 aromatic heterocycles. The first-order valence-electron chi connectivity index (χ1n) is 2.93. The van der Waals surface area contributed by atoms with Crippen molar-refractivity contribution in [3.63, 3.8) is 0 Å². The number of hydrogen-bond donors (Lipinski definition) is 2. The lowest BCUT2D eigenvalue weighted by atomic mass is 10.2. The quantitative estimate of drug-likeness (QED) is 0.439. The van der Waals surface area contributed by atoms with E-state index in [0.717, 1.165) is 0 Å². The van der Waals surface area contributed by atoms with Crippen LogP contribution in [0.2, 0.25) is 0 Å². The summed E-state index contributed by atoms with van der Waals surface area (Å²) in [4.78, 5) is 3.73. The number of rotatable bonds is 1. The maximum absolute atomic E-state index is 8.44. The lowest BCUT2D eigenvalue weighted by molar-refractivity contribution is 1.27. The number of nitrogens with one attached hydrogen (secondary N) is 1. The van der Waals surface area contributed by atoms with Crippen molar-refractivity contribution in [3.05, 3.63) is 29.6 Å². The van der Waals surface area contributed by atoms with Crippen LogP contribution in [0.1, 0.15) is 11.1 Å². The summed E-state index contributed by atoms with van der Waals surface area (Å²) in [6.07, 6.45) is 2.87. The maximum atomic E-state index is 8.44. The number of amidine groups is 1. The van der Waals surface area contributed by atoms with Crippen molar-refractivity contribution < 1.29 is 0 Å². The lowest BCUT2D eigenvalue weighted by Crippen LogP contribution is -2.11. The summed E-state index contributed by atoms with van der Waals surface area (Å²) < 4.78 is 0. The van der Waals surface area contributed by atoms with E-state index in [0.29, 0.717) is 11.1 Å². The molecule has 1 rings (SSSR count). The Morgan fingerprint density at radius 1 is 1.64 bits per heavy atom. The predicted molar refractivity (Wildman–Crippen MR) is 40.0 cm³/mol. The maximum Gasteiger partial charge on any atom is 0.124 e. The van der Waals surface area contributed by atoms with E-state index in [1.165, 1.54) is 18.5 Å². The molecule has 4 heteroatoms. The first-order chi connectivity index (χ1) is 5.24. The summed E-state index contributed by atoms with van der Waals surface area (Å²) in [6, 6.07) is 3.43. The highest BCUT2D eigenvalue weighted by molar-refractivity contribution is 5.94. The molecule has 0 saturated heterocycles. The van der Waals surface area contributed by atoms with Gasteiger partial charge in [0, 0.05) is 18.0 Å². The molecular formula is C7H6N4. The van der Waals surface area contributed by atoms with Crippen LogP contribution in [0, 0.1) is 16.7 Å². The van der Waals surface area contributed by atoms with Gasteiger partial charge in [0.05, 0.1) is 5.56 Å². The molecule has 1 aromatic rings. The van der Waals surface area contributed by atoms with E-state index in [-0.39, 0.29) is 5.84 Å². The molecule has 0 amide bonds. The Labute approximate surface area is 63.8 Å². The van der Waals surface area contributed by atoms with Crippen molar-refractivity contribution >= 4 is 5.84 Å². The summed E-state index contributed by atoms with van der Waals surface area (Å²) >= 11 is 0. The highest BCUT2D eigenvalue weighted by Gasteiger charge is 1.96. The summed E-state index contributed by atoms with van der Waals surface area (Å²) in [5.74, 6) is -0.0744. The molecule has 0 aliphatic heterocycles. The third kappa shape index (κ3) is 1.52. The van der Waals surface area contributed by atoms with Crippen LogP contribution in [0.4, 0.5) is 0 Å². The molecule has 0 unspecified atom stereocenters. The second-order valence-electron chi connectivity index (χ2n) is 1.99. The Hall–Kier alpha value is -1.89. The third-order valence-electron chi connectivity index (χ3n) is 1.18. The average Bonchev–Trinajstić information content (AvgIpc) is 2.05. The van der Waals surface area contributed by atoms with Crippen molar-refractivity contribution in [1.29, 1.82) is 10.7 Å². The van der Waals surface area contributed by atoms with Gasteiger partial charge in [0.2, 0.25) is 0 Å². The Kier molecular flexibility index (Phi) is 1.83. The van der Waals surface area contributed by atoms with Crippen molar-refractivity contribution in [1.82, 2.24) is 4.98 Å². The minimum absolute atomic E-state index is 0.0744. The zero-order valence-electron chi connectivity index (χ0n) is 5.70. The number of nitrogen functional groups attached to an aromatic ring is 1. The molecule has 0 bridgehead atoms. The van der Waals surface area contributed by atoms with Crippen LogP contribution < -0.4 is 5.73 Å². The van der Waals surface area contributed by atoms with E-state index in [1.54, 1.807) is 0 Å². The SMILES string of the molecule is N#Cc1cncc(C(=N)N)c1. The predicted octanol–water partition coefficient (Wildman–Crippen LogP) is 0.237. The van der Waals surface area contributed by atoms with E-state index in [2.05, 4.69) is 4.98 Å². The lowest BCUT2D eigenvalue weighted by Gasteiger charge is -1.95. The fourth-order valence-corrected chi connectivity index (χ4v) is 0.648. The molecule has 4 nitrogen and oxygen atoms in total. The topological polar surface area (TPSA) is 86.5 Å². The van der Waals surface area contributed by atoms with Crippen molar-refractivity contribution in [3.8, 4) is 6.07 Å². The minimum atomic E-state index is -0.0744. The molecule has 0 aliphatic carbocycles. The van der Waals surface area contributed by atoms with Crippen LogP contribution in [0.25, 0.3) is 0 Å². The molecule has 1 heterocycles. The Morgan fingerprint density at radius 3 is 2.91 bits per heavy atom. The minimum Gasteiger partial charge on any atom is -0.384 e. The molecule has 0 aliphatic rings. The third-order valence-corrected chi connectivity index (χ3v) is 1.18. The molecule has 0 atom stereocenters. The number of nitrogens with zero attached hydrogens (tertiary/aromatic N) is 2. The van der Waals surface area contributed by atoms with Gasteiger partial charge in [-0.2, -0.15) is 5.26 Å². The second-order valence-corrected chi connectivity index (χ2v) is 1.99. The highest BCUT2D eigenvalue weighted by atomic mass is 14.7. The Bertz CT molecular complexity index is 323. The largest absolute Gasteiger partial charge is 0.384 e. The van der Waals surface area contributed by atoms with Crippen LogP contribution >= 0.6 is 0 Å². The average molecular weight is 146 g/mol. The van der Waals surface area contributed by atoms with E-state index in [9.17, 15) is 0 Å². The second kappa shape index (κ2) is 2.80. The zero-order valence-corrected chi connectivity index (χ0v) is 5.70. The molecule has 11 heavy (non-hydrogen) atoms. The van der Waals surface area contributed by atoms with Crippen LogP contribution in [0.3, 0.4) is 0 Å². The number of nitrogens with two attached hydrogens (primary N) is 1.